The van der Waals surface area contributed by atoms with Crippen LogP contribution in [0.3, 0.4) is 0 Å². The molecule has 2 heterocycles. The largest absolute Gasteiger partial charge is 0.497 e. The van der Waals surface area contributed by atoms with Crippen LogP contribution in [0.2, 0.25) is 0 Å². The Hall–Kier alpha value is -3.04. The zero-order valence-electron chi connectivity index (χ0n) is 21.4. The third kappa shape index (κ3) is 3.59. The van der Waals surface area contributed by atoms with Gasteiger partial charge in [-0.25, -0.2) is 9.59 Å². The van der Waals surface area contributed by atoms with Gasteiger partial charge in [0, 0.05) is 30.5 Å². The van der Waals surface area contributed by atoms with E-state index < -0.39 is 40.9 Å². The number of rotatable bonds is 2. The molecule has 1 aromatic rings. The van der Waals surface area contributed by atoms with Crippen molar-refractivity contribution in [1.29, 1.82) is 0 Å². The van der Waals surface area contributed by atoms with Crippen molar-refractivity contribution in [1.82, 2.24) is 10.2 Å². The lowest BCUT2D eigenvalue weighted by molar-refractivity contribution is -0.148. The molecule has 2 aliphatic heterocycles. The molecule has 9 nitrogen and oxygen atoms in total. The minimum Gasteiger partial charge on any atom is -0.497 e. The fourth-order valence-electron chi connectivity index (χ4n) is 6.48. The Morgan fingerprint density at radius 3 is 2.61 bits per heavy atom. The molecule has 0 radical (unpaired) electrons. The number of nitrogens with zero attached hydrogens (tertiary/aromatic N) is 1. The lowest BCUT2D eigenvalue weighted by atomic mass is 9.49. The monoisotopic (exact) mass is 498 g/mol. The Bertz CT molecular complexity index is 1180. The van der Waals surface area contributed by atoms with Gasteiger partial charge in [-0.15, -0.1) is 0 Å². The molecule has 1 saturated heterocycles. The third-order valence-corrected chi connectivity index (χ3v) is 8.09. The normalized spacial score (nSPS) is 30.8. The number of esters is 1. The molecule has 1 aromatic carbocycles. The third-order valence-electron chi connectivity index (χ3n) is 8.09. The standard InChI is InChI=1S/C27H34N2O7/c1-25(2,3)36-24(32)29-9-8-26-14-20-16(10-18(22(30)28-20)23(31)35-5)13-27(26,33)21(29)11-15-6-7-17(34-4)12-19(15)26/h6-7,10,12,21-22,28,30,33H,8-9,11,13-14H2,1-5H3/t21-,22?,26-,27-/m1/s1. The molecule has 0 aromatic heterocycles. The summed E-state index contributed by atoms with van der Waals surface area (Å²) >= 11 is 0. The fraction of sp³-hybridized carbons (Fsp3) is 0.556. The topological polar surface area (TPSA) is 118 Å². The van der Waals surface area contributed by atoms with Gasteiger partial charge in [0.2, 0.25) is 0 Å². The van der Waals surface area contributed by atoms with E-state index in [0.29, 0.717) is 31.6 Å². The summed E-state index contributed by atoms with van der Waals surface area (Å²) in [7, 11) is 2.87. The summed E-state index contributed by atoms with van der Waals surface area (Å²) in [6.07, 6.45) is 1.54. The van der Waals surface area contributed by atoms with Crippen LogP contribution >= 0.6 is 0 Å². The predicted molar refractivity (Wildman–Crippen MR) is 130 cm³/mol. The van der Waals surface area contributed by atoms with Crippen LogP contribution < -0.4 is 10.1 Å². The van der Waals surface area contributed by atoms with Crippen molar-refractivity contribution in [3.8, 4) is 5.75 Å². The van der Waals surface area contributed by atoms with E-state index in [4.69, 9.17) is 14.2 Å². The predicted octanol–water partition coefficient (Wildman–Crippen LogP) is 2.30. The summed E-state index contributed by atoms with van der Waals surface area (Å²) in [6.45, 7) is 5.90. The molecular formula is C27H34N2O7. The van der Waals surface area contributed by atoms with Gasteiger partial charge in [0.1, 0.15) is 11.4 Å². The quantitative estimate of drug-likeness (QED) is 0.532. The molecule has 9 heteroatoms. The number of likely N-dealkylation sites (tertiary alicyclic amines) is 1. The maximum atomic E-state index is 13.3. The van der Waals surface area contributed by atoms with E-state index in [1.54, 1.807) is 18.1 Å². The molecule has 4 aliphatic rings. The summed E-state index contributed by atoms with van der Waals surface area (Å²) < 4.78 is 16.1. The Balaban J connectivity index is 1.65. The number of carbonyl (C=O) groups is 2. The summed E-state index contributed by atoms with van der Waals surface area (Å²) in [5, 5.41) is 26.3. The first-order valence-electron chi connectivity index (χ1n) is 12.3. The van der Waals surface area contributed by atoms with Gasteiger partial charge in [0.05, 0.1) is 31.4 Å². The van der Waals surface area contributed by atoms with E-state index in [2.05, 4.69) is 5.32 Å². The van der Waals surface area contributed by atoms with Gasteiger partial charge in [-0.3, -0.25) is 0 Å². The van der Waals surface area contributed by atoms with Gasteiger partial charge >= 0.3 is 12.1 Å². The number of ether oxygens (including phenoxy) is 3. The van der Waals surface area contributed by atoms with Gasteiger partial charge < -0.3 is 34.6 Å². The maximum Gasteiger partial charge on any atom is 0.410 e. The highest BCUT2D eigenvalue weighted by Crippen LogP contribution is 2.60. The van der Waals surface area contributed by atoms with E-state index >= 15 is 0 Å². The minimum absolute atomic E-state index is 0.0860. The summed E-state index contributed by atoms with van der Waals surface area (Å²) in [6, 6.07) is 5.36. The van der Waals surface area contributed by atoms with Crippen molar-refractivity contribution < 1.29 is 34.0 Å². The minimum atomic E-state index is -1.33. The highest BCUT2D eigenvalue weighted by molar-refractivity contribution is 5.90. The Morgan fingerprint density at radius 2 is 1.94 bits per heavy atom. The number of aliphatic hydroxyl groups is 2. The van der Waals surface area contributed by atoms with E-state index in [9.17, 15) is 19.8 Å². The zero-order chi connectivity index (χ0) is 26.0. The van der Waals surface area contributed by atoms with E-state index in [-0.39, 0.29) is 12.0 Å². The second-order valence-corrected chi connectivity index (χ2v) is 11.2. The van der Waals surface area contributed by atoms with Crippen molar-refractivity contribution in [3.63, 3.8) is 0 Å². The van der Waals surface area contributed by atoms with Crippen LogP contribution in [0.5, 0.6) is 5.75 Å². The van der Waals surface area contributed by atoms with Crippen molar-refractivity contribution in [3.05, 3.63) is 52.2 Å². The maximum absolute atomic E-state index is 13.3. The van der Waals surface area contributed by atoms with Crippen molar-refractivity contribution in [2.45, 2.75) is 75.3 Å². The van der Waals surface area contributed by atoms with Crippen LogP contribution in [0.4, 0.5) is 4.79 Å². The molecule has 5 rings (SSSR count). The van der Waals surface area contributed by atoms with E-state index in [0.717, 1.165) is 22.4 Å². The lowest BCUT2D eigenvalue weighted by Crippen LogP contribution is -2.74. The number of hydrogen-bond acceptors (Lipinski definition) is 8. The molecule has 3 N–H and O–H groups in total. The molecule has 2 aliphatic carbocycles. The fourth-order valence-corrected chi connectivity index (χ4v) is 6.48. The van der Waals surface area contributed by atoms with Crippen LogP contribution in [0.1, 0.15) is 51.2 Å². The molecule has 36 heavy (non-hydrogen) atoms. The van der Waals surface area contributed by atoms with Crippen molar-refractivity contribution >= 4 is 12.1 Å². The SMILES string of the molecule is COC(=O)C1=CC2=C(C[C@]34CCN(C(=O)OC(C)(C)C)[C@H](Cc5ccc(OC)cc53)[C@]4(O)C2)NC1O. The van der Waals surface area contributed by atoms with Gasteiger partial charge in [0.15, 0.2) is 6.23 Å². The molecule has 1 fully saturated rings. The molecule has 4 atom stereocenters. The van der Waals surface area contributed by atoms with Crippen LogP contribution in [-0.4, -0.2) is 71.4 Å². The molecule has 1 unspecified atom stereocenters. The van der Waals surface area contributed by atoms with Crippen LogP contribution in [-0.2, 0) is 26.1 Å². The molecule has 0 spiro atoms. The second kappa shape index (κ2) is 8.24. The number of benzene rings is 1. The number of amides is 1. The highest BCUT2D eigenvalue weighted by Gasteiger charge is 2.66. The van der Waals surface area contributed by atoms with Crippen LogP contribution in [0, 0.1) is 0 Å². The average Bonchev–Trinajstić information content (AvgIpc) is 2.80. The number of fused-ring (bicyclic) bond motifs is 1. The number of methoxy groups -OCH3 is 2. The number of carbonyl (C=O) groups excluding carboxylic acids is 2. The number of dihydropyridines is 1. The first-order chi connectivity index (χ1) is 16.9. The van der Waals surface area contributed by atoms with Gasteiger partial charge in [-0.2, -0.15) is 0 Å². The number of nitrogens with one attached hydrogen (secondary N) is 1. The number of aliphatic hydroxyl groups excluding tert-OH is 1. The Labute approximate surface area is 210 Å². The number of piperidine rings is 1. The first-order valence-corrected chi connectivity index (χ1v) is 12.3. The smallest absolute Gasteiger partial charge is 0.410 e. The second-order valence-electron chi connectivity index (χ2n) is 11.2. The van der Waals surface area contributed by atoms with Gasteiger partial charge in [0.25, 0.3) is 0 Å². The van der Waals surface area contributed by atoms with Crippen molar-refractivity contribution in [2.75, 3.05) is 20.8 Å². The van der Waals surface area contributed by atoms with Crippen molar-refractivity contribution in [2.24, 2.45) is 0 Å². The lowest BCUT2D eigenvalue weighted by Gasteiger charge is -2.63. The van der Waals surface area contributed by atoms with Crippen LogP contribution in [0.25, 0.3) is 0 Å². The summed E-state index contributed by atoms with van der Waals surface area (Å²) in [5.74, 6) is 0.0610. The molecule has 194 valence electrons. The highest BCUT2D eigenvalue weighted by atomic mass is 16.6. The Morgan fingerprint density at radius 1 is 1.19 bits per heavy atom. The van der Waals surface area contributed by atoms with E-state index in [1.165, 1.54) is 7.11 Å². The van der Waals surface area contributed by atoms with Crippen LogP contribution in [0.15, 0.2) is 41.1 Å². The Kier molecular flexibility index (Phi) is 5.64. The average molecular weight is 499 g/mol. The summed E-state index contributed by atoms with van der Waals surface area (Å²) in [4.78, 5) is 27.2. The molecule has 0 saturated carbocycles. The molecule has 1 amide bonds. The number of allylic oxidation sites excluding steroid dienone is 2. The van der Waals surface area contributed by atoms with E-state index in [1.807, 2.05) is 39.0 Å². The summed E-state index contributed by atoms with van der Waals surface area (Å²) in [5.41, 5.74) is 0.907. The van der Waals surface area contributed by atoms with Gasteiger partial charge in [-0.1, -0.05) is 6.07 Å². The molecular weight excluding hydrogens is 464 g/mol. The first kappa shape index (κ1) is 24.6. The van der Waals surface area contributed by atoms with Gasteiger partial charge in [-0.05, 0) is 68.5 Å². The molecule has 2 bridgehead atoms. The zero-order valence-corrected chi connectivity index (χ0v) is 21.4. The number of hydrogen-bond donors (Lipinski definition) is 3.